The molecule has 0 amide bonds. The van der Waals surface area contributed by atoms with Gasteiger partial charge >= 0.3 is 0 Å². The van der Waals surface area contributed by atoms with Gasteiger partial charge in [0.2, 0.25) is 0 Å². The fraction of sp³-hybridized carbons (Fsp3) is 1.00. The van der Waals surface area contributed by atoms with Crippen LogP contribution in [0, 0.1) is 0 Å². The van der Waals surface area contributed by atoms with Crippen LogP contribution < -0.4 is 5.73 Å². The smallest absolute Gasteiger partial charge is 0.0621 e. The Kier molecular flexibility index (Phi) is 4.31. The number of hydrogen-bond acceptors (Lipinski definition) is 4. The second kappa shape index (κ2) is 5.07. The van der Waals surface area contributed by atoms with Gasteiger partial charge in [-0.15, -0.1) is 0 Å². The van der Waals surface area contributed by atoms with E-state index >= 15 is 0 Å². The summed E-state index contributed by atoms with van der Waals surface area (Å²) in [5.41, 5.74) is 5.42. The number of nitrogens with zero attached hydrogens (tertiary/aromatic N) is 1. The summed E-state index contributed by atoms with van der Waals surface area (Å²) in [5, 5.41) is 9.05. The third-order valence-electron chi connectivity index (χ3n) is 2.81. The van der Waals surface area contributed by atoms with Crippen molar-refractivity contribution in [2.24, 2.45) is 5.73 Å². The summed E-state index contributed by atoms with van der Waals surface area (Å²) >= 11 is 0. The minimum absolute atomic E-state index is 0.0389. The molecular weight excluding hydrogens is 180 g/mol. The Morgan fingerprint density at radius 1 is 1.50 bits per heavy atom. The van der Waals surface area contributed by atoms with Crippen LogP contribution in [-0.2, 0) is 4.74 Å². The predicted octanol–water partition coefficient (Wildman–Crippen LogP) is -0.193. The van der Waals surface area contributed by atoms with Crippen molar-refractivity contribution in [2.75, 3.05) is 33.4 Å². The van der Waals surface area contributed by atoms with Crippen molar-refractivity contribution in [1.29, 1.82) is 0 Å². The highest BCUT2D eigenvalue weighted by atomic mass is 16.5. The maximum absolute atomic E-state index is 9.05. The Balaban J connectivity index is 2.28. The van der Waals surface area contributed by atoms with Crippen molar-refractivity contribution in [3.8, 4) is 0 Å². The molecule has 3 N–H and O–H groups in total. The van der Waals surface area contributed by atoms with Crippen LogP contribution in [0.1, 0.15) is 19.8 Å². The van der Waals surface area contributed by atoms with E-state index in [0.717, 1.165) is 32.5 Å². The molecule has 0 aromatic rings. The van der Waals surface area contributed by atoms with Crippen LogP contribution in [0.3, 0.4) is 0 Å². The van der Waals surface area contributed by atoms with Crippen LogP contribution in [0.15, 0.2) is 0 Å². The number of aliphatic hydroxyl groups excluding tert-OH is 1. The molecule has 1 rings (SSSR count). The van der Waals surface area contributed by atoms with Crippen LogP contribution in [0.5, 0.6) is 0 Å². The van der Waals surface area contributed by atoms with Gasteiger partial charge in [-0.05, 0) is 19.8 Å². The van der Waals surface area contributed by atoms with Crippen LogP contribution in [0.2, 0.25) is 0 Å². The molecule has 0 aliphatic carbocycles. The first-order valence-electron chi connectivity index (χ1n) is 5.22. The molecule has 0 saturated carbocycles. The molecule has 0 radical (unpaired) electrons. The second-order valence-electron chi connectivity index (χ2n) is 4.52. The van der Waals surface area contributed by atoms with Crippen LogP contribution in [0.4, 0.5) is 0 Å². The summed E-state index contributed by atoms with van der Waals surface area (Å²) < 4.78 is 5.29. The van der Waals surface area contributed by atoms with E-state index in [1.165, 1.54) is 0 Å². The predicted molar refractivity (Wildman–Crippen MR) is 56.1 cm³/mol. The van der Waals surface area contributed by atoms with E-state index in [9.17, 15) is 0 Å². The molecule has 0 bridgehead atoms. The Morgan fingerprint density at radius 3 is 2.50 bits per heavy atom. The first-order valence-corrected chi connectivity index (χ1v) is 5.22. The average Bonchev–Trinajstić information content (AvgIpc) is 2.19. The van der Waals surface area contributed by atoms with Gasteiger partial charge in [-0.1, -0.05) is 0 Å². The fourth-order valence-electron chi connectivity index (χ4n) is 1.86. The van der Waals surface area contributed by atoms with E-state index in [4.69, 9.17) is 15.6 Å². The molecule has 0 aromatic heterocycles. The zero-order valence-electron chi connectivity index (χ0n) is 9.20. The second-order valence-corrected chi connectivity index (χ2v) is 4.52. The molecule has 14 heavy (non-hydrogen) atoms. The van der Waals surface area contributed by atoms with Gasteiger partial charge in [0.25, 0.3) is 0 Å². The lowest BCUT2D eigenvalue weighted by Crippen LogP contribution is -2.52. The third-order valence-corrected chi connectivity index (χ3v) is 2.81. The molecule has 1 unspecified atom stereocenters. The highest BCUT2D eigenvalue weighted by Gasteiger charge is 2.25. The topological polar surface area (TPSA) is 58.7 Å². The van der Waals surface area contributed by atoms with Crippen molar-refractivity contribution in [3.05, 3.63) is 0 Å². The molecule has 1 heterocycles. The summed E-state index contributed by atoms with van der Waals surface area (Å²) in [5.74, 6) is 0. The van der Waals surface area contributed by atoms with E-state index in [2.05, 4.69) is 4.90 Å². The van der Waals surface area contributed by atoms with Crippen molar-refractivity contribution >= 4 is 0 Å². The van der Waals surface area contributed by atoms with Gasteiger partial charge in [0.15, 0.2) is 0 Å². The van der Waals surface area contributed by atoms with E-state index in [0.29, 0.717) is 6.10 Å². The normalized spacial score (nSPS) is 24.9. The Labute approximate surface area is 86.0 Å². The summed E-state index contributed by atoms with van der Waals surface area (Å²) in [7, 11) is 1.76. The summed E-state index contributed by atoms with van der Waals surface area (Å²) in [6.07, 6.45) is 2.54. The summed E-state index contributed by atoms with van der Waals surface area (Å²) in [6, 6.07) is 0. The van der Waals surface area contributed by atoms with Crippen molar-refractivity contribution in [3.63, 3.8) is 0 Å². The van der Waals surface area contributed by atoms with E-state index in [-0.39, 0.29) is 6.61 Å². The molecule has 1 atom stereocenters. The number of methoxy groups -OCH3 is 1. The lowest BCUT2D eigenvalue weighted by molar-refractivity contribution is 0.0311. The van der Waals surface area contributed by atoms with Crippen molar-refractivity contribution in [1.82, 2.24) is 4.90 Å². The first-order chi connectivity index (χ1) is 6.57. The van der Waals surface area contributed by atoms with Crippen molar-refractivity contribution in [2.45, 2.75) is 31.4 Å². The lowest BCUT2D eigenvalue weighted by Gasteiger charge is -2.36. The van der Waals surface area contributed by atoms with Gasteiger partial charge in [-0.2, -0.15) is 0 Å². The number of hydrogen-bond donors (Lipinski definition) is 2. The van der Waals surface area contributed by atoms with Crippen molar-refractivity contribution < 1.29 is 9.84 Å². The van der Waals surface area contributed by atoms with Gasteiger partial charge < -0.3 is 20.5 Å². The molecule has 1 aliphatic heterocycles. The van der Waals surface area contributed by atoms with Crippen LogP contribution in [0.25, 0.3) is 0 Å². The number of ether oxygens (including phenoxy) is 1. The Hall–Kier alpha value is -0.160. The fourth-order valence-corrected chi connectivity index (χ4v) is 1.86. The van der Waals surface area contributed by atoms with Gasteiger partial charge in [-0.3, -0.25) is 0 Å². The van der Waals surface area contributed by atoms with E-state index in [1.54, 1.807) is 7.11 Å². The zero-order chi connectivity index (χ0) is 10.6. The maximum Gasteiger partial charge on any atom is 0.0621 e. The van der Waals surface area contributed by atoms with Gasteiger partial charge in [0.1, 0.15) is 0 Å². The highest BCUT2D eigenvalue weighted by molar-refractivity contribution is 4.84. The quantitative estimate of drug-likeness (QED) is 0.663. The molecule has 84 valence electrons. The number of likely N-dealkylation sites (tertiary alicyclic amines) is 1. The Bertz CT molecular complexity index is 166. The first kappa shape index (κ1) is 11.9. The number of nitrogens with two attached hydrogens (primary N) is 1. The average molecular weight is 202 g/mol. The van der Waals surface area contributed by atoms with E-state index in [1.807, 2.05) is 6.92 Å². The Morgan fingerprint density at radius 2 is 2.07 bits per heavy atom. The lowest BCUT2D eigenvalue weighted by atomic mass is 10.0. The number of rotatable bonds is 4. The standard InChI is InChI=1S/C10H22N2O2/c1-10(11,8-13)7-12-5-3-9(14-2)4-6-12/h9,13H,3-8,11H2,1-2H3. The number of piperidine rings is 1. The maximum atomic E-state index is 9.05. The summed E-state index contributed by atoms with van der Waals surface area (Å²) in [4.78, 5) is 2.30. The molecule has 4 heteroatoms. The molecule has 0 aromatic carbocycles. The SMILES string of the molecule is COC1CCN(CC(C)(N)CO)CC1. The van der Waals surface area contributed by atoms with Gasteiger partial charge in [-0.25, -0.2) is 0 Å². The minimum Gasteiger partial charge on any atom is -0.394 e. The largest absolute Gasteiger partial charge is 0.394 e. The molecular formula is C10H22N2O2. The van der Waals surface area contributed by atoms with Gasteiger partial charge in [0, 0.05) is 32.3 Å². The highest BCUT2D eigenvalue weighted by Crippen LogP contribution is 2.14. The zero-order valence-corrected chi connectivity index (χ0v) is 9.20. The molecule has 1 fully saturated rings. The third kappa shape index (κ3) is 3.53. The number of aliphatic hydroxyl groups is 1. The molecule has 0 spiro atoms. The van der Waals surface area contributed by atoms with Crippen LogP contribution >= 0.6 is 0 Å². The summed E-state index contributed by atoms with van der Waals surface area (Å²) in [6.45, 7) is 4.73. The molecule has 4 nitrogen and oxygen atoms in total. The monoisotopic (exact) mass is 202 g/mol. The van der Waals surface area contributed by atoms with Crippen LogP contribution in [-0.4, -0.2) is 55.0 Å². The van der Waals surface area contributed by atoms with E-state index < -0.39 is 5.54 Å². The molecule has 1 saturated heterocycles. The minimum atomic E-state index is -0.472. The molecule has 1 aliphatic rings. The van der Waals surface area contributed by atoms with Gasteiger partial charge in [0.05, 0.1) is 12.7 Å².